The molecule has 0 aromatic heterocycles. The average Bonchev–Trinajstić information content (AvgIpc) is 2.78. The Morgan fingerprint density at radius 1 is 0.906 bits per heavy atom. The Hall–Kier alpha value is -3.32. The van der Waals surface area contributed by atoms with Crippen LogP contribution in [0.3, 0.4) is 0 Å². The summed E-state index contributed by atoms with van der Waals surface area (Å²) in [6, 6.07) is 24.1. The van der Waals surface area contributed by atoms with Crippen molar-refractivity contribution in [2.24, 2.45) is 0 Å². The van der Waals surface area contributed by atoms with Gasteiger partial charge in [0.1, 0.15) is 5.75 Å². The van der Waals surface area contributed by atoms with Crippen LogP contribution in [0.2, 0.25) is 0 Å². The summed E-state index contributed by atoms with van der Waals surface area (Å²) in [6.45, 7) is 3.71. The Morgan fingerprint density at radius 2 is 1.47 bits per heavy atom. The van der Waals surface area contributed by atoms with Crippen LogP contribution in [0.15, 0.2) is 78.9 Å². The van der Waals surface area contributed by atoms with Gasteiger partial charge in [-0.2, -0.15) is 0 Å². The molecule has 0 aliphatic rings. The average molecular weight is 453 g/mol. The van der Waals surface area contributed by atoms with Gasteiger partial charge >= 0.3 is 0 Å². The van der Waals surface area contributed by atoms with E-state index in [0.29, 0.717) is 11.4 Å². The summed E-state index contributed by atoms with van der Waals surface area (Å²) in [7, 11) is -1.86. The standard InChI is InChI=1S/C25H28N2O4S/c1-18-10-12-21(13-11-18)24(20-8-6-5-7-9-20)26-25(28)19(2)31-23-16-14-22(15-17-23)27(3)32(4,29)30/h5-17,19,24H,1-4H3,(H,26,28)/t19-,24+/m1/s1. The molecule has 0 aliphatic carbocycles. The Bertz CT molecular complexity index is 1140. The molecule has 0 heterocycles. The molecule has 3 aromatic rings. The van der Waals surface area contributed by atoms with Crippen molar-refractivity contribution in [3.05, 3.63) is 95.6 Å². The van der Waals surface area contributed by atoms with Crippen molar-refractivity contribution in [2.45, 2.75) is 26.0 Å². The zero-order chi connectivity index (χ0) is 23.3. The molecule has 0 unspecified atom stereocenters. The molecule has 0 saturated heterocycles. The Morgan fingerprint density at radius 3 is 2.03 bits per heavy atom. The summed E-state index contributed by atoms with van der Waals surface area (Å²) in [5.74, 6) is 0.224. The van der Waals surface area contributed by atoms with E-state index in [4.69, 9.17) is 4.74 Å². The number of aryl methyl sites for hydroxylation is 1. The van der Waals surface area contributed by atoms with Crippen LogP contribution in [0.1, 0.15) is 29.7 Å². The molecule has 1 N–H and O–H groups in total. The van der Waals surface area contributed by atoms with E-state index in [0.717, 1.165) is 22.9 Å². The predicted octanol–water partition coefficient (Wildman–Crippen LogP) is 4.06. The molecule has 32 heavy (non-hydrogen) atoms. The number of hydrogen-bond donors (Lipinski definition) is 1. The highest BCUT2D eigenvalue weighted by atomic mass is 32.2. The number of ether oxygens (including phenoxy) is 1. The lowest BCUT2D eigenvalue weighted by atomic mass is 9.97. The molecule has 3 aromatic carbocycles. The van der Waals surface area contributed by atoms with Gasteiger partial charge < -0.3 is 10.1 Å². The Labute approximate surface area is 189 Å². The quantitative estimate of drug-likeness (QED) is 0.559. The van der Waals surface area contributed by atoms with E-state index in [1.807, 2.05) is 61.5 Å². The number of anilines is 1. The third-order valence-corrected chi connectivity index (χ3v) is 6.42. The zero-order valence-electron chi connectivity index (χ0n) is 18.6. The molecule has 6 nitrogen and oxygen atoms in total. The lowest BCUT2D eigenvalue weighted by Crippen LogP contribution is -2.39. The van der Waals surface area contributed by atoms with Crippen molar-refractivity contribution >= 4 is 21.6 Å². The molecule has 0 radical (unpaired) electrons. The maximum atomic E-state index is 13.0. The molecule has 0 saturated carbocycles. The minimum Gasteiger partial charge on any atom is -0.481 e. The number of nitrogens with one attached hydrogen (secondary N) is 1. The maximum absolute atomic E-state index is 13.0. The molecule has 7 heteroatoms. The SMILES string of the molecule is Cc1ccc([C@@H](NC(=O)[C@@H](C)Oc2ccc(N(C)S(C)(=O)=O)cc2)c2ccccc2)cc1. The Kier molecular flexibility index (Phi) is 7.20. The summed E-state index contributed by atoms with van der Waals surface area (Å²) in [6.07, 6.45) is 0.395. The fraction of sp³-hybridized carbons (Fsp3) is 0.240. The van der Waals surface area contributed by atoms with Crippen LogP contribution in [0.25, 0.3) is 0 Å². The number of nitrogens with zero attached hydrogens (tertiary/aromatic N) is 1. The monoisotopic (exact) mass is 452 g/mol. The van der Waals surface area contributed by atoms with Gasteiger partial charge in [-0.3, -0.25) is 9.10 Å². The number of carbonyl (C=O) groups excluding carboxylic acids is 1. The number of hydrogen-bond acceptors (Lipinski definition) is 4. The van der Waals surface area contributed by atoms with Crippen LogP contribution >= 0.6 is 0 Å². The highest BCUT2D eigenvalue weighted by molar-refractivity contribution is 7.92. The van der Waals surface area contributed by atoms with E-state index < -0.39 is 16.1 Å². The lowest BCUT2D eigenvalue weighted by Gasteiger charge is -2.23. The van der Waals surface area contributed by atoms with Crippen LogP contribution in [0.4, 0.5) is 5.69 Å². The molecule has 0 aliphatic heterocycles. The molecule has 1 amide bonds. The van der Waals surface area contributed by atoms with Crippen molar-refractivity contribution in [1.29, 1.82) is 0 Å². The van der Waals surface area contributed by atoms with Crippen molar-refractivity contribution in [1.82, 2.24) is 5.32 Å². The maximum Gasteiger partial charge on any atom is 0.261 e. The second kappa shape index (κ2) is 9.87. The first kappa shape index (κ1) is 23.3. The van der Waals surface area contributed by atoms with E-state index in [2.05, 4.69) is 5.32 Å². The van der Waals surface area contributed by atoms with Gasteiger partial charge in [-0.15, -0.1) is 0 Å². The predicted molar refractivity (Wildman–Crippen MR) is 127 cm³/mol. The van der Waals surface area contributed by atoms with E-state index in [-0.39, 0.29) is 11.9 Å². The molecule has 3 rings (SSSR count). The largest absolute Gasteiger partial charge is 0.481 e. The third-order valence-electron chi connectivity index (χ3n) is 5.21. The van der Waals surface area contributed by atoms with Crippen LogP contribution in [0, 0.1) is 6.92 Å². The van der Waals surface area contributed by atoms with Gasteiger partial charge in [0.05, 0.1) is 18.0 Å². The molecule has 0 bridgehead atoms. The molecule has 2 atom stereocenters. The van der Waals surface area contributed by atoms with Crippen molar-refractivity contribution < 1.29 is 17.9 Å². The smallest absolute Gasteiger partial charge is 0.261 e. The van der Waals surface area contributed by atoms with Gasteiger partial charge in [0.25, 0.3) is 5.91 Å². The van der Waals surface area contributed by atoms with Crippen LogP contribution in [-0.4, -0.2) is 33.7 Å². The first-order valence-corrected chi connectivity index (χ1v) is 12.1. The minimum absolute atomic E-state index is 0.253. The van der Waals surface area contributed by atoms with E-state index in [1.54, 1.807) is 31.2 Å². The summed E-state index contributed by atoms with van der Waals surface area (Å²) < 4.78 is 30.3. The van der Waals surface area contributed by atoms with Gasteiger partial charge in [-0.05, 0) is 49.2 Å². The van der Waals surface area contributed by atoms with Crippen molar-refractivity contribution in [2.75, 3.05) is 17.6 Å². The van der Waals surface area contributed by atoms with E-state index in [1.165, 1.54) is 11.4 Å². The highest BCUT2D eigenvalue weighted by Gasteiger charge is 2.22. The molecule has 168 valence electrons. The second-order valence-corrected chi connectivity index (χ2v) is 9.76. The van der Waals surface area contributed by atoms with E-state index >= 15 is 0 Å². The van der Waals surface area contributed by atoms with Crippen molar-refractivity contribution in [3.63, 3.8) is 0 Å². The van der Waals surface area contributed by atoms with Gasteiger partial charge in [0.2, 0.25) is 10.0 Å². The van der Waals surface area contributed by atoms with Gasteiger partial charge in [0, 0.05) is 7.05 Å². The zero-order valence-corrected chi connectivity index (χ0v) is 19.5. The molecular formula is C25H28N2O4S. The van der Waals surface area contributed by atoms with Gasteiger partial charge in [0.15, 0.2) is 6.10 Å². The lowest BCUT2D eigenvalue weighted by molar-refractivity contribution is -0.127. The van der Waals surface area contributed by atoms with Crippen LogP contribution < -0.4 is 14.4 Å². The van der Waals surface area contributed by atoms with Crippen LogP contribution in [-0.2, 0) is 14.8 Å². The minimum atomic E-state index is -3.35. The molecular weight excluding hydrogens is 424 g/mol. The van der Waals surface area contributed by atoms with Crippen LogP contribution in [0.5, 0.6) is 5.75 Å². The Balaban J connectivity index is 1.73. The normalized spacial score (nSPS) is 13.1. The van der Waals surface area contributed by atoms with E-state index in [9.17, 15) is 13.2 Å². The first-order chi connectivity index (χ1) is 15.1. The molecule has 0 fully saturated rings. The van der Waals surface area contributed by atoms with Crippen molar-refractivity contribution in [3.8, 4) is 5.75 Å². The summed E-state index contributed by atoms with van der Waals surface area (Å²) in [5.41, 5.74) is 3.62. The summed E-state index contributed by atoms with van der Waals surface area (Å²) in [4.78, 5) is 13.0. The van der Waals surface area contributed by atoms with Gasteiger partial charge in [-0.25, -0.2) is 8.42 Å². The fourth-order valence-electron chi connectivity index (χ4n) is 3.21. The fourth-order valence-corrected chi connectivity index (χ4v) is 3.71. The summed E-state index contributed by atoms with van der Waals surface area (Å²) >= 11 is 0. The number of benzene rings is 3. The summed E-state index contributed by atoms with van der Waals surface area (Å²) in [5, 5.41) is 3.09. The van der Waals surface area contributed by atoms with Gasteiger partial charge in [-0.1, -0.05) is 60.2 Å². The number of carbonyl (C=O) groups is 1. The number of amides is 1. The first-order valence-electron chi connectivity index (χ1n) is 10.3. The number of sulfonamides is 1. The topological polar surface area (TPSA) is 75.7 Å². The third kappa shape index (κ3) is 5.88. The second-order valence-electron chi connectivity index (χ2n) is 7.75. The molecule has 0 spiro atoms. The number of rotatable bonds is 8. The highest BCUT2D eigenvalue weighted by Crippen LogP contribution is 2.24.